The number of rotatable bonds is 2. The van der Waals surface area contributed by atoms with Crippen LogP contribution in [0.25, 0.3) is 10.8 Å². The van der Waals surface area contributed by atoms with Crippen LogP contribution in [0.1, 0.15) is 15.9 Å². The van der Waals surface area contributed by atoms with Crippen molar-refractivity contribution < 1.29 is 4.79 Å². The number of benzene rings is 2. The summed E-state index contributed by atoms with van der Waals surface area (Å²) in [6, 6.07) is 14.7. The number of hydrogen-bond donors (Lipinski definition) is 0. The Morgan fingerprint density at radius 1 is 0.895 bits per heavy atom. The van der Waals surface area contributed by atoms with E-state index in [1.165, 1.54) is 0 Å². The maximum Gasteiger partial charge on any atom is 0.196 e. The predicted molar refractivity (Wildman–Crippen MR) is 76.6 cm³/mol. The number of hydrogen-bond acceptors (Lipinski definition) is 2. The lowest BCUT2D eigenvalue weighted by atomic mass is 10.00. The Labute approximate surface area is 115 Å². The van der Waals surface area contributed by atoms with Crippen LogP contribution in [-0.4, -0.2) is 10.8 Å². The average Bonchev–Trinajstić information content (AvgIpc) is 2.46. The summed E-state index contributed by atoms with van der Waals surface area (Å²) in [4.78, 5) is 16.7. The summed E-state index contributed by atoms with van der Waals surface area (Å²) >= 11 is 6.08. The molecule has 0 fully saturated rings. The van der Waals surface area contributed by atoms with Gasteiger partial charge < -0.3 is 0 Å². The summed E-state index contributed by atoms with van der Waals surface area (Å²) in [5.41, 5.74) is 1.08. The number of nitrogens with zero attached hydrogens (tertiary/aromatic N) is 1. The zero-order valence-electron chi connectivity index (χ0n) is 10.0. The first kappa shape index (κ1) is 11.9. The molecule has 2 aromatic carbocycles. The molecule has 3 aromatic rings. The van der Waals surface area contributed by atoms with Crippen molar-refractivity contribution in [1.82, 2.24) is 4.98 Å². The number of pyridine rings is 1. The quantitative estimate of drug-likeness (QED) is 0.654. The van der Waals surface area contributed by atoms with E-state index in [0.29, 0.717) is 16.1 Å². The van der Waals surface area contributed by atoms with Crippen LogP contribution in [0.15, 0.2) is 60.9 Å². The third kappa shape index (κ3) is 2.11. The summed E-state index contributed by atoms with van der Waals surface area (Å²) in [6.07, 6.45) is 3.34. The molecule has 0 atom stereocenters. The lowest BCUT2D eigenvalue weighted by Crippen LogP contribution is -2.03. The number of carbonyl (C=O) groups excluding carboxylic acids is 1. The van der Waals surface area contributed by atoms with E-state index in [-0.39, 0.29) is 5.78 Å². The van der Waals surface area contributed by atoms with Gasteiger partial charge >= 0.3 is 0 Å². The standard InChI is InChI=1S/C16H10ClNO/c17-15-8-4-3-7-13(15)16(19)14-10-18-9-11-5-1-2-6-12(11)14/h1-10H. The van der Waals surface area contributed by atoms with Crippen LogP contribution >= 0.6 is 11.6 Å². The van der Waals surface area contributed by atoms with E-state index in [2.05, 4.69) is 4.98 Å². The van der Waals surface area contributed by atoms with Gasteiger partial charge in [0.15, 0.2) is 5.78 Å². The van der Waals surface area contributed by atoms with E-state index in [0.717, 1.165) is 10.8 Å². The second-order valence-corrected chi connectivity index (χ2v) is 4.62. The molecule has 0 saturated carbocycles. The molecule has 0 unspecified atom stereocenters. The molecule has 3 heteroatoms. The smallest absolute Gasteiger partial charge is 0.196 e. The monoisotopic (exact) mass is 267 g/mol. The van der Waals surface area contributed by atoms with Gasteiger partial charge in [-0.25, -0.2) is 0 Å². The number of ketones is 1. The number of halogens is 1. The number of aromatic nitrogens is 1. The van der Waals surface area contributed by atoms with Gasteiger partial charge in [0.25, 0.3) is 0 Å². The fraction of sp³-hybridized carbons (Fsp3) is 0. The molecule has 0 N–H and O–H groups in total. The van der Waals surface area contributed by atoms with Gasteiger partial charge in [0.1, 0.15) is 0 Å². The van der Waals surface area contributed by atoms with Crippen LogP contribution in [-0.2, 0) is 0 Å². The SMILES string of the molecule is O=C(c1ccccc1Cl)c1cncc2ccccc12. The van der Waals surface area contributed by atoms with E-state index in [4.69, 9.17) is 11.6 Å². The molecular formula is C16H10ClNO. The summed E-state index contributed by atoms with van der Waals surface area (Å²) < 4.78 is 0. The molecule has 0 spiro atoms. The van der Waals surface area contributed by atoms with Gasteiger partial charge in [0.2, 0.25) is 0 Å². The Hall–Kier alpha value is -2.19. The van der Waals surface area contributed by atoms with Crippen molar-refractivity contribution in [2.75, 3.05) is 0 Å². The molecule has 0 bridgehead atoms. The molecule has 92 valence electrons. The van der Waals surface area contributed by atoms with Crippen LogP contribution in [0, 0.1) is 0 Å². The third-order valence-corrected chi connectivity index (χ3v) is 3.36. The van der Waals surface area contributed by atoms with Crippen molar-refractivity contribution in [1.29, 1.82) is 0 Å². The second-order valence-electron chi connectivity index (χ2n) is 4.22. The third-order valence-electron chi connectivity index (χ3n) is 3.03. The van der Waals surface area contributed by atoms with Crippen LogP contribution in [0.2, 0.25) is 5.02 Å². The fourth-order valence-corrected chi connectivity index (χ4v) is 2.31. The first-order chi connectivity index (χ1) is 9.27. The van der Waals surface area contributed by atoms with E-state index in [1.807, 2.05) is 24.3 Å². The van der Waals surface area contributed by atoms with Gasteiger partial charge in [0.05, 0.1) is 5.02 Å². The Morgan fingerprint density at radius 3 is 2.47 bits per heavy atom. The summed E-state index contributed by atoms with van der Waals surface area (Å²) in [5, 5.41) is 2.29. The van der Waals surface area contributed by atoms with Gasteiger partial charge in [0, 0.05) is 28.9 Å². The maximum absolute atomic E-state index is 12.6. The van der Waals surface area contributed by atoms with Crippen molar-refractivity contribution in [2.45, 2.75) is 0 Å². The van der Waals surface area contributed by atoms with Crippen molar-refractivity contribution >= 4 is 28.2 Å². The molecule has 0 radical (unpaired) electrons. The molecule has 3 rings (SSSR count). The normalized spacial score (nSPS) is 10.6. The molecule has 1 heterocycles. The highest BCUT2D eigenvalue weighted by Gasteiger charge is 2.15. The van der Waals surface area contributed by atoms with Crippen LogP contribution in [0.4, 0.5) is 0 Å². The Morgan fingerprint density at radius 2 is 1.63 bits per heavy atom. The second kappa shape index (κ2) is 4.82. The average molecular weight is 268 g/mol. The van der Waals surface area contributed by atoms with Gasteiger partial charge in [-0.3, -0.25) is 9.78 Å². The minimum absolute atomic E-state index is 0.102. The van der Waals surface area contributed by atoms with Gasteiger partial charge in [-0.2, -0.15) is 0 Å². The maximum atomic E-state index is 12.6. The van der Waals surface area contributed by atoms with Crippen molar-refractivity contribution in [3.8, 4) is 0 Å². The minimum Gasteiger partial charge on any atom is -0.288 e. The topological polar surface area (TPSA) is 30.0 Å². The van der Waals surface area contributed by atoms with Crippen molar-refractivity contribution in [3.05, 3.63) is 77.1 Å². The predicted octanol–water partition coefficient (Wildman–Crippen LogP) is 4.12. The van der Waals surface area contributed by atoms with Crippen LogP contribution < -0.4 is 0 Å². The highest BCUT2D eigenvalue weighted by atomic mass is 35.5. The lowest BCUT2D eigenvalue weighted by molar-refractivity contribution is 0.104. The Balaban J connectivity index is 2.20. The molecule has 0 aliphatic carbocycles. The van der Waals surface area contributed by atoms with Crippen molar-refractivity contribution in [3.63, 3.8) is 0 Å². The summed E-state index contributed by atoms with van der Waals surface area (Å²) in [5.74, 6) is -0.102. The Bertz CT molecular complexity index is 762. The highest BCUT2D eigenvalue weighted by molar-refractivity contribution is 6.35. The molecule has 1 aromatic heterocycles. The summed E-state index contributed by atoms with van der Waals surface area (Å²) in [6.45, 7) is 0. The van der Waals surface area contributed by atoms with E-state index in [9.17, 15) is 4.79 Å². The molecule has 2 nitrogen and oxygen atoms in total. The number of carbonyl (C=O) groups is 1. The molecule has 0 amide bonds. The molecule has 0 aliphatic heterocycles. The van der Waals surface area contributed by atoms with Crippen molar-refractivity contribution in [2.24, 2.45) is 0 Å². The van der Waals surface area contributed by atoms with Gasteiger partial charge in [-0.05, 0) is 17.5 Å². The highest BCUT2D eigenvalue weighted by Crippen LogP contribution is 2.23. The van der Waals surface area contributed by atoms with Gasteiger partial charge in [-0.15, -0.1) is 0 Å². The molecule has 19 heavy (non-hydrogen) atoms. The zero-order valence-corrected chi connectivity index (χ0v) is 10.8. The Kier molecular flexibility index (Phi) is 3.02. The fourth-order valence-electron chi connectivity index (χ4n) is 2.09. The van der Waals surface area contributed by atoms with Crippen LogP contribution in [0.5, 0.6) is 0 Å². The minimum atomic E-state index is -0.102. The molecular weight excluding hydrogens is 258 g/mol. The first-order valence-electron chi connectivity index (χ1n) is 5.89. The van der Waals surface area contributed by atoms with Crippen LogP contribution in [0.3, 0.4) is 0 Å². The zero-order chi connectivity index (χ0) is 13.2. The summed E-state index contributed by atoms with van der Waals surface area (Å²) in [7, 11) is 0. The largest absolute Gasteiger partial charge is 0.288 e. The van der Waals surface area contributed by atoms with Gasteiger partial charge in [-0.1, -0.05) is 48.0 Å². The molecule has 0 aliphatic rings. The lowest BCUT2D eigenvalue weighted by Gasteiger charge is -2.06. The first-order valence-corrected chi connectivity index (χ1v) is 6.27. The van der Waals surface area contributed by atoms with E-state index < -0.39 is 0 Å². The number of fused-ring (bicyclic) bond motifs is 1. The van der Waals surface area contributed by atoms with E-state index in [1.54, 1.807) is 36.7 Å². The van der Waals surface area contributed by atoms with E-state index >= 15 is 0 Å². The molecule has 0 saturated heterocycles.